The van der Waals surface area contributed by atoms with E-state index in [1.807, 2.05) is 41.8 Å². The maximum atomic E-state index is 12.0. The average molecular weight is 343 g/mol. The van der Waals surface area contributed by atoms with E-state index in [1.54, 1.807) is 6.08 Å². The summed E-state index contributed by atoms with van der Waals surface area (Å²) in [4.78, 5) is 24.6. The van der Waals surface area contributed by atoms with E-state index in [2.05, 4.69) is 19.2 Å². The Morgan fingerprint density at radius 3 is 2.75 bits per heavy atom. The Bertz CT molecular complexity index is 707. The largest absolute Gasteiger partial charge is 0.452 e. The molecule has 2 rings (SSSR count). The van der Waals surface area contributed by atoms with Crippen molar-refractivity contribution in [1.82, 2.24) is 0 Å². The summed E-state index contributed by atoms with van der Waals surface area (Å²) in [7, 11) is 0. The van der Waals surface area contributed by atoms with Gasteiger partial charge in [-0.25, -0.2) is 4.79 Å². The standard InChI is InChI=1S/C19H21NO3S/c1-3-14(2)16-8-4-5-9-17(16)20-18(21)13-23-19(22)11-10-15-7-6-12-24-15/h4-12,14H,3,13H2,1-2H3,(H,20,21)/b11-10+/t14-/m1/s1. The highest BCUT2D eigenvalue weighted by Gasteiger charge is 2.12. The normalized spacial score (nSPS) is 12.1. The second kappa shape index (κ2) is 9.03. The summed E-state index contributed by atoms with van der Waals surface area (Å²) in [5.41, 5.74) is 1.85. The maximum Gasteiger partial charge on any atom is 0.331 e. The van der Waals surface area contributed by atoms with Gasteiger partial charge in [0, 0.05) is 16.6 Å². The van der Waals surface area contributed by atoms with Gasteiger partial charge in [0.15, 0.2) is 6.61 Å². The van der Waals surface area contributed by atoms with Gasteiger partial charge in [-0.2, -0.15) is 0 Å². The molecule has 1 aromatic carbocycles. The lowest BCUT2D eigenvalue weighted by Gasteiger charge is -2.15. The van der Waals surface area contributed by atoms with Crippen molar-refractivity contribution in [3.8, 4) is 0 Å². The summed E-state index contributed by atoms with van der Waals surface area (Å²) in [5.74, 6) is -0.532. The Labute approximate surface area is 146 Å². The molecule has 0 unspecified atom stereocenters. The molecule has 24 heavy (non-hydrogen) atoms. The van der Waals surface area contributed by atoms with Crippen LogP contribution in [0, 0.1) is 0 Å². The topological polar surface area (TPSA) is 55.4 Å². The predicted octanol–water partition coefficient (Wildman–Crippen LogP) is 4.46. The van der Waals surface area contributed by atoms with Gasteiger partial charge >= 0.3 is 5.97 Å². The highest BCUT2D eigenvalue weighted by atomic mass is 32.1. The molecule has 0 fully saturated rings. The summed E-state index contributed by atoms with van der Waals surface area (Å²) in [6.45, 7) is 3.91. The van der Waals surface area contributed by atoms with Crippen molar-refractivity contribution in [3.63, 3.8) is 0 Å². The highest BCUT2D eigenvalue weighted by Crippen LogP contribution is 2.26. The van der Waals surface area contributed by atoms with E-state index in [9.17, 15) is 9.59 Å². The quantitative estimate of drug-likeness (QED) is 0.596. The van der Waals surface area contributed by atoms with E-state index in [-0.39, 0.29) is 12.5 Å². The molecular weight excluding hydrogens is 322 g/mol. The fraction of sp³-hybridized carbons (Fsp3) is 0.263. The molecule has 0 aliphatic carbocycles. The predicted molar refractivity (Wildman–Crippen MR) is 98.1 cm³/mol. The second-order valence-electron chi connectivity index (χ2n) is 5.40. The fourth-order valence-corrected chi connectivity index (χ4v) is 2.79. The van der Waals surface area contributed by atoms with Crippen molar-refractivity contribution in [1.29, 1.82) is 0 Å². The molecule has 0 bridgehead atoms. The number of esters is 1. The Kier molecular flexibility index (Phi) is 6.75. The molecular formula is C19H21NO3S. The SMILES string of the molecule is CC[C@@H](C)c1ccccc1NC(=O)COC(=O)/C=C/c1cccs1. The van der Waals surface area contributed by atoms with E-state index in [0.717, 1.165) is 22.5 Å². The number of para-hydroxylation sites is 1. The molecule has 126 valence electrons. The summed E-state index contributed by atoms with van der Waals surface area (Å²) < 4.78 is 4.97. The van der Waals surface area contributed by atoms with Crippen molar-refractivity contribution in [2.75, 3.05) is 11.9 Å². The van der Waals surface area contributed by atoms with Crippen LogP contribution in [0.3, 0.4) is 0 Å². The van der Waals surface area contributed by atoms with E-state index in [0.29, 0.717) is 5.92 Å². The van der Waals surface area contributed by atoms with Gasteiger partial charge in [-0.1, -0.05) is 38.1 Å². The number of hydrogen-bond donors (Lipinski definition) is 1. The lowest BCUT2D eigenvalue weighted by molar-refractivity contribution is -0.142. The molecule has 0 saturated carbocycles. The number of carbonyl (C=O) groups is 2. The third-order valence-corrected chi connectivity index (χ3v) is 4.49. The molecule has 1 aromatic heterocycles. The van der Waals surface area contributed by atoms with Crippen LogP contribution in [0.2, 0.25) is 0 Å². The molecule has 1 amide bonds. The van der Waals surface area contributed by atoms with Crippen molar-refractivity contribution in [3.05, 3.63) is 58.3 Å². The molecule has 1 N–H and O–H groups in total. The number of benzene rings is 1. The fourth-order valence-electron chi connectivity index (χ4n) is 2.17. The summed E-state index contributed by atoms with van der Waals surface area (Å²) in [5, 5.41) is 4.74. The molecule has 0 radical (unpaired) electrons. The molecule has 4 nitrogen and oxygen atoms in total. The lowest BCUT2D eigenvalue weighted by Crippen LogP contribution is -2.21. The van der Waals surface area contributed by atoms with Gasteiger partial charge in [-0.15, -0.1) is 11.3 Å². The van der Waals surface area contributed by atoms with E-state index in [1.165, 1.54) is 17.4 Å². The Hall–Kier alpha value is -2.40. The van der Waals surface area contributed by atoms with E-state index >= 15 is 0 Å². The van der Waals surface area contributed by atoms with Gasteiger partial charge in [0.05, 0.1) is 0 Å². The zero-order valence-electron chi connectivity index (χ0n) is 13.8. The van der Waals surface area contributed by atoms with E-state index in [4.69, 9.17) is 4.74 Å². The van der Waals surface area contributed by atoms with Crippen molar-refractivity contribution < 1.29 is 14.3 Å². The zero-order valence-corrected chi connectivity index (χ0v) is 14.6. The molecule has 0 spiro atoms. The van der Waals surface area contributed by atoms with Crippen LogP contribution in [-0.2, 0) is 14.3 Å². The number of rotatable bonds is 7. The summed E-state index contributed by atoms with van der Waals surface area (Å²) in [6.07, 6.45) is 3.98. The van der Waals surface area contributed by atoms with Crippen LogP contribution in [0.5, 0.6) is 0 Å². The number of hydrogen-bond acceptors (Lipinski definition) is 4. The van der Waals surface area contributed by atoms with Gasteiger partial charge in [-0.3, -0.25) is 4.79 Å². The molecule has 0 aliphatic rings. The van der Waals surface area contributed by atoms with Crippen LogP contribution in [0.1, 0.15) is 36.6 Å². The lowest BCUT2D eigenvalue weighted by atomic mass is 9.97. The molecule has 5 heteroatoms. The van der Waals surface area contributed by atoms with Gasteiger partial charge < -0.3 is 10.1 Å². The van der Waals surface area contributed by atoms with Gasteiger partial charge in [0.1, 0.15) is 0 Å². The minimum atomic E-state index is -0.534. The monoisotopic (exact) mass is 343 g/mol. The van der Waals surface area contributed by atoms with Crippen molar-refractivity contribution in [2.24, 2.45) is 0 Å². The molecule has 0 saturated heterocycles. The highest BCUT2D eigenvalue weighted by molar-refractivity contribution is 7.10. The van der Waals surface area contributed by atoms with Crippen LogP contribution in [0.15, 0.2) is 47.9 Å². The van der Waals surface area contributed by atoms with Crippen molar-refractivity contribution >= 4 is 35.0 Å². The van der Waals surface area contributed by atoms with Crippen LogP contribution in [-0.4, -0.2) is 18.5 Å². The smallest absolute Gasteiger partial charge is 0.331 e. The molecule has 2 aromatic rings. The Morgan fingerprint density at radius 1 is 1.25 bits per heavy atom. The van der Waals surface area contributed by atoms with Gasteiger partial charge in [0.2, 0.25) is 0 Å². The summed E-state index contributed by atoms with van der Waals surface area (Å²) in [6, 6.07) is 11.5. The first-order valence-electron chi connectivity index (χ1n) is 7.87. The third-order valence-electron chi connectivity index (χ3n) is 3.65. The van der Waals surface area contributed by atoms with Crippen LogP contribution >= 0.6 is 11.3 Å². The van der Waals surface area contributed by atoms with Crippen LogP contribution in [0.25, 0.3) is 6.08 Å². The average Bonchev–Trinajstić information content (AvgIpc) is 3.11. The zero-order chi connectivity index (χ0) is 17.4. The summed E-state index contributed by atoms with van der Waals surface area (Å²) >= 11 is 1.52. The molecule has 1 atom stereocenters. The van der Waals surface area contributed by atoms with Crippen LogP contribution in [0.4, 0.5) is 5.69 Å². The number of carbonyl (C=O) groups excluding carboxylic acids is 2. The molecule has 0 aliphatic heterocycles. The number of thiophene rings is 1. The number of ether oxygens (including phenoxy) is 1. The Balaban J connectivity index is 1.86. The second-order valence-corrected chi connectivity index (χ2v) is 6.38. The first kappa shape index (κ1) is 17.9. The van der Waals surface area contributed by atoms with Gasteiger partial charge in [-0.05, 0) is 41.5 Å². The van der Waals surface area contributed by atoms with Gasteiger partial charge in [0.25, 0.3) is 5.91 Å². The van der Waals surface area contributed by atoms with Crippen LogP contribution < -0.4 is 5.32 Å². The third kappa shape index (κ3) is 5.35. The first-order chi connectivity index (χ1) is 11.6. The molecule has 1 heterocycles. The first-order valence-corrected chi connectivity index (χ1v) is 8.75. The minimum Gasteiger partial charge on any atom is -0.452 e. The Morgan fingerprint density at radius 2 is 2.04 bits per heavy atom. The number of anilines is 1. The van der Waals surface area contributed by atoms with E-state index < -0.39 is 5.97 Å². The minimum absolute atomic E-state index is 0.303. The number of amides is 1. The maximum absolute atomic E-state index is 12.0. The number of nitrogens with one attached hydrogen (secondary N) is 1. The van der Waals surface area contributed by atoms with Crippen molar-refractivity contribution in [2.45, 2.75) is 26.2 Å².